The number of nitrogens with zero attached hydrogens (tertiary/aromatic N) is 1. The van der Waals surface area contributed by atoms with Crippen molar-refractivity contribution >= 4 is 33.8 Å². The SMILES string of the molecule is OCc1cn(CCc2cccs2)c2cc(Cl)ccc12. The lowest BCUT2D eigenvalue weighted by atomic mass is 10.2. The van der Waals surface area contributed by atoms with E-state index in [2.05, 4.69) is 22.1 Å². The van der Waals surface area contributed by atoms with E-state index in [4.69, 9.17) is 11.6 Å². The molecule has 1 aromatic carbocycles. The molecule has 0 amide bonds. The molecule has 0 spiro atoms. The highest BCUT2D eigenvalue weighted by Gasteiger charge is 2.08. The molecular formula is C15H14ClNOS. The first kappa shape index (κ1) is 12.7. The first-order valence-electron chi connectivity index (χ1n) is 6.18. The molecule has 0 radical (unpaired) electrons. The first-order chi connectivity index (χ1) is 9.28. The Bertz CT molecular complexity index is 688. The molecule has 2 aromatic heterocycles. The molecule has 1 N–H and O–H groups in total. The van der Waals surface area contributed by atoms with Gasteiger partial charge in [0.15, 0.2) is 0 Å². The van der Waals surface area contributed by atoms with Crippen LogP contribution in [-0.4, -0.2) is 9.67 Å². The third kappa shape index (κ3) is 2.54. The molecule has 3 rings (SSSR count). The van der Waals surface area contributed by atoms with Crippen LogP contribution in [0.2, 0.25) is 5.02 Å². The zero-order valence-electron chi connectivity index (χ0n) is 10.3. The number of aliphatic hydroxyl groups excluding tert-OH is 1. The Kier molecular flexibility index (Phi) is 3.60. The van der Waals surface area contributed by atoms with Gasteiger partial charge in [0.1, 0.15) is 0 Å². The molecule has 0 atom stereocenters. The fourth-order valence-corrected chi connectivity index (χ4v) is 3.20. The van der Waals surface area contributed by atoms with E-state index in [-0.39, 0.29) is 6.61 Å². The fourth-order valence-electron chi connectivity index (χ4n) is 2.34. The lowest BCUT2D eigenvalue weighted by Crippen LogP contribution is -1.98. The monoisotopic (exact) mass is 291 g/mol. The van der Waals surface area contributed by atoms with Gasteiger partial charge in [-0.1, -0.05) is 23.7 Å². The highest BCUT2D eigenvalue weighted by Crippen LogP contribution is 2.25. The topological polar surface area (TPSA) is 25.2 Å². The second-order valence-corrected chi connectivity index (χ2v) is 5.97. The van der Waals surface area contributed by atoms with Crippen LogP contribution < -0.4 is 0 Å². The summed E-state index contributed by atoms with van der Waals surface area (Å²) in [6.07, 6.45) is 3.02. The van der Waals surface area contributed by atoms with Gasteiger partial charge in [0, 0.05) is 39.1 Å². The molecule has 0 bridgehead atoms. The van der Waals surface area contributed by atoms with Gasteiger partial charge in [0.2, 0.25) is 0 Å². The Labute approximate surface area is 120 Å². The number of aromatic nitrogens is 1. The largest absolute Gasteiger partial charge is 0.392 e. The molecule has 2 nitrogen and oxygen atoms in total. The molecule has 4 heteroatoms. The van der Waals surface area contributed by atoms with Crippen LogP contribution >= 0.6 is 22.9 Å². The van der Waals surface area contributed by atoms with Crippen LogP contribution in [-0.2, 0) is 19.6 Å². The van der Waals surface area contributed by atoms with Crippen molar-refractivity contribution in [2.45, 2.75) is 19.6 Å². The van der Waals surface area contributed by atoms with Crippen molar-refractivity contribution in [3.63, 3.8) is 0 Å². The van der Waals surface area contributed by atoms with Crippen molar-refractivity contribution in [1.82, 2.24) is 4.57 Å². The van der Waals surface area contributed by atoms with Crippen molar-refractivity contribution in [3.05, 3.63) is 57.4 Å². The molecule has 19 heavy (non-hydrogen) atoms. The Morgan fingerprint density at radius 3 is 2.89 bits per heavy atom. The van der Waals surface area contributed by atoms with Crippen molar-refractivity contribution in [1.29, 1.82) is 0 Å². The molecule has 2 heterocycles. The lowest BCUT2D eigenvalue weighted by molar-refractivity contribution is 0.283. The van der Waals surface area contributed by atoms with Gasteiger partial charge < -0.3 is 9.67 Å². The quantitative estimate of drug-likeness (QED) is 0.769. The molecule has 0 saturated heterocycles. The summed E-state index contributed by atoms with van der Waals surface area (Å²) in [5.41, 5.74) is 2.05. The number of thiophene rings is 1. The summed E-state index contributed by atoms with van der Waals surface area (Å²) in [6, 6.07) is 10.0. The standard InChI is InChI=1S/C15H14ClNOS/c16-12-3-4-14-11(10-18)9-17(15(14)8-12)6-5-13-2-1-7-19-13/h1-4,7-9,18H,5-6,10H2. The molecule has 0 fully saturated rings. The average molecular weight is 292 g/mol. The predicted octanol–water partition coefficient (Wildman–Crippen LogP) is 4.09. The minimum Gasteiger partial charge on any atom is -0.392 e. The number of benzene rings is 1. The van der Waals surface area contributed by atoms with Crippen LogP contribution in [0.1, 0.15) is 10.4 Å². The molecule has 3 aromatic rings. The molecule has 0 saturated carbocycles. The molecule has 0 aliphatic carbocycles. The van der Waals surface area contributed by atoms with Gasteiger partial charge in [-0.3, -0.25) is 0 Å². The smallest absolute Gasteiger partial charge is 0.0702 e. The summed E-state index contributed by atoms with van der Waals surface area (Å²) >= 11 is 7.84. The van der Waals surface area contributed by atoms with Crippen LogP contribution in [0.5, 0.6) is 0 Å². The second kappa shape index (κ2) is 5.37. The van der Waals surface area contributed by atoms with Crippen LogP contribution in [0.25, 0.3) is 10.9 Å². The second-order valence-electron chi connectivity index (χ2n) is 4.50. The number of aliphatic hydroxyl groups is 1. The van der Waals surface area contributed by atoms with Crippen molar-refractivity contribution < 1.29 is 5.11 Å². The Hall–Kier alpha value is -1.29. The van der Waals surface area contributed by atoms with Gasteiger partial charge in [-0.15, -0.1) is 11.3 Å². The van der Waals surface area contributed by atoms with Gasteiger partial charge in [-0.25, -0.2) is 0 Å². The van der Waals surface area contributed by atoms with E-state index in [1.54, 1.807) is 11.3 Å². The Balaban J connectivity index is 1.95. The van der Waals surface area contributed by atoms with E-state index >= 15 is 0 Å². The highest BCUT2D eigenvalue weighted by atomic mass is 35.5. The van der Waals surface area contributed by atoms with Gasteiger partial charge in [0.25, 0.3) is 0 Å². The summed E-state index contributed by atoms with van der Waals surface area (Å²) < 4.78 is 2.17. The van der Waals surface area contributed by atoms with Crippen molar-refractivity contribution in [3.8, 4) is 0 Å². The lowest BCUT2D eigenvalue weighted by Gasteiger charge is -2.04. The number of halogens is 1. The fraction of sp³-hybridized carbons (Fsp3) is 0.200. The summed E-state index contributed by atoms with van der Waals surface area (Å²) in [7, 11) is 0. The third-order valence-corrected chi connectivity index (χ3v) is 4.45. The van der Waals surface area contributed by atoms with Crippen molar-refractivity contribution in [2.24, 2.45) is 0 Å². The maximum absolute atomic E-state index is 9.43. The summed E-state index contributed by atoms with van der Waals surface area (Å²) in [5.74, 6) is 0. The third-order valence-electron chi connectivity index (χ3n) is 3.28. The maximum Gasteiger partial charge on any atom is 0.0702 e. The Morgan fingerprint density at radius 2 is 2.16 bits per heavy atom. The van der Waals surface area contributed by atoms with Crippen molar-refractivity contribution in [2.75, 3.05) is 0 Å². The van der Waals surface area contributed by atoms with Gasteiger partial charge in [-0.2, -0.15) is 0 Å². The van der Waals surface area contributed by atoms with E-state index in [0.29, 0.717) is 0 Å². The molecular weight excluding hydrogens is 278 g/mol. The van der Waals surface area contributed by atoms with E-state index < -0.39 is 0 Å². The van der Waals surface area contributed by atoms with Gasteiger partial charge in [0.05, 0.1) is 6.61 Å². The zero-order chi connectivity index (χ0) is 13.2. The maximum atomic E-state index is 9.43. The molecule has 0 unspecified atom stereocenters. The minimum absolute atomic E-state index is 0.0597. The number of hydrogen-bond acceptors (Lipinski definition) is 2. The average Bonchev–Trinajstić information content (AvgIpc) is 3.03. The highest BCUT2D eigenvalue weighted by molar-refractivity contribution is 7.09. The summed E-state index contributed by atoms with van der Waals surface area (Å²) in [5, 5.41) is 13.3. The van der Waals surface area contributed by atoms with Gasteiger partial charge in [-0.05, 0) is 30.0 Å². The summed E-state index contributed by atoms with van der Waals surface area (Å²) in [6.45, 7) is 0.960. The number of hydrogen-bond donors (Lipinski definition) is 1. The number of fused-ring (bicyclic) bond motifs is 1. The minimum atomic E-state index is 0.0597. The van der Waals surface area contributed by atoms with E-state index in [1.165, 1.54) is 4.88 Å². The molecule has 0 aliphatic rings. The zero-order valence-corrected chi connectivity index (χ0v) is 11.9. The van der Waals surface area contributed by atoms with Crippen LogP contribution in [0, 0.1) is 0 Å². The van der Waals surface area contributed by atoms with E-state index in [9.17, 15) is 5.11 Å². The molecule has 0 aliphatic heterocycles. The number of rotatable bonds is 4. The predicted molar refractivity (Wildman–Crippen MR) is 80.9 cm³/mol. The van der Waals surface area contributed by atoms with Crippen LogP contribution in [0.3, 0.4) is 0 Å². The van der Waals surface area contributed by atoms with E-state index in [0.717, 1.165) is 34.5 Å². The van der Waals surface area contributed by atoms with Gasteiger partial charge >= 0.3 is 0 Å². The van der Waals surface area contributed by atoms with Crippen LogP contribution in [0.15, 0.2) is 41.9 Å². The Morgan fingerprint density at radius 1 is 1.26 bits per heavy atom. The molecule has 98 valence electrons. The van der Waals surface area contributed by atoms with Crippen LogP contribution in [0.4, 0.5) is 0 Å². The summed E-state index contributed by atoms with van der Waals surface area (Å²) in [4.78, 5) is 1.37. The number of aryl methyl sites for hydroxylation is 2. The normalized spacial score (nSPS) is 11.3. The first-order valence-corrected chi connectivity index (χ1v) is 7.44. The van der Waals surface area contributed by atoms with E-state index in [1.807, 2.05) is 24.4 Å².